The molecule has 0 radical (unpaired) electrons. The lowest BCUT2D eigenvalue weighted by atomic mass is 10.3. The molecule has 16 heavy (non-hydrogen) atoms. The van der Waals surface area contributed by atoms with Crippen LogP contribution in [-0.4, -0.2) is 22.6 Å². The molecule has 0 unspecified atom stereocenters. The van der Waals surface area contributed by atoms with Gasteiger partial charge in [0.15, 0.2) is 0 Å². The summed E-state index contributed by atoms with van der Waals surface area (Å²) in [4.78, 5) is -0.135. The van der Waals surface area contributed by atoms with Crippen LogP contribution in [0.5, 0.6) is 0 Å². The highest BCUT2D eigenvalue weighted by Gasteiger charge is 2.11. The topological polar surface area (TPSA) is 106 Å². The number of primary sulfonamides is 1. The lowest BCUT2D eigenvalue weighted by Crippen LogP contribution is -2.16. The molecule has 0 bridgehead atoms. The average Bonchev–Trinajstić information content (AvgIpc) is 2.16. The maximum Gasteiger partial charge on any atom is 0.238 e. The molecule has 1 aromatic rings. The Morgan fingerprint density at radius 1 is 1.25 bits per heavy atom. The smallest absolute Gasteiger partial charge is 0.238 e. The zero-order valence-corrected chi connectivity index (χ0v) is 10.2. The number of nitrogens with one attached hydrogen (secondary N) is 1. The summed E-state index contributed by atoms with van der Waals surface area (Å²) in [6.07, 6.45) is 0. The molecule has 0 saturated heterocycles. The molecule has 3 N–H and O–H groups in total. The number of sulfonamides is 2. The van der Waals surface area contributed by atoms with Crippen LogP contribution in [0.4, 0.5) is 5.69 Å². The van der Waals surface area contributed by atoms with Crippen molar-refractivity contribution in [2.45, 2.75) is 11.8 Å². The molecular formula is C8H12N2O4S2. The van der Waals surface area contributed by atoms with Crippen LogP contribution in [0.15, 0.2) is 29.2 Å². The number of rotatable bonds is 4. The van der Waals surface area contributed by atoms with Gasteiger partial charge in [-0.3, -0.25) is 4.72 Å². The van der Waals surface area contributed by atoms with E-state index in [-0.39, 0.29) is 16.3 Å². The molecule has 0 aliphatic rings. The standard InChI is InChI=1S/C8H12N2O4S2/c1-2-15(11,12)10-7-4-3-5-8(6-7)16(9,13)14/h3-6,10H,2H2,1H3,(H2,9,13,14). The Hall–Kier alpha value is -1.12. The van der Waals surface area contributed by atoms with E-state index < -0.39 is 20.0 Å². The third-order valence-corrected chi connectivity index (χ3v) is 4.03. The predicted octanol–water partition coefficient (Wildman–Crippen LogP) is 0.0956. The molecule has 0 aliphatic heterocycles. The Morgan fingerprint density at radius 3 is 2.38 bits per heavy atom. The zero-order chi connectivity index (χ0) is 12.4. The van der Waals surface area contributed by atoms with E-state index in [4.69, 9.17) is 5.14 Å². The SMILES string of the molecule is CCS(=O)(=O)Nc1cccc(S(N)(=O)=O)c1. The van der Waals surface area contributed by atoms with Crippen molar-refractivity contribution in [1.29, 1.82) is 0 Å². The van der Waals surface area contributed by atoms with Crippen molar-refractivity contribution in [2.75, 3.05) is 10.5 Å². The summed E-state index contributed by atoms with van der Waals surface area (Å²) >= 11 is 0. The monoisotopic (exact) mass is 264 g/mol. The molecule has 8 heteroatoms. The Bertz CT molecular complexity index is 578. The normalized spacial score (nSPS) is 12.4. The molecule has 0 heterocycles. The van der Waals surface area contributed by atoms with Crippen molar-refractivity contribution in [3.05, 3.63) is 24.3 Å². The number of hydrogen-bond acceptors (Lipinski definition) is 4. The fraction of sp³-hybridized carbons (Fsp3) is 0.250. The Morgan fingerprint density at radius 2 is 1.88 bits per heavy atom. The molecule has 6 nitrogen and oxygen atoms in total. The van der Waals surface area contributed by atoms with Crippen LogP contribution in [-0.2, 0) is 20.0 Å². The number of benzene rings is 1. The number of hydrogen-bond donors (Lipinski definition) is 2. The first-order valence-electron chi connectivity index (χ1n) is 4.38. The second kappa shape index (κ2) is 4.40. The molecule has 0 atom stereocenters. The summed E-state index contributed by atoms with van der Waals surface area (Å²) in [7, 11) is -7.24. The van der Waals surface area contributed by atoms with E-state index in [9.17, 15) is 16.8 Å². The fourth-order valence-corrected chi connectivity index (χ4v) is 2.18. The van der Waals surface area contributed by atoms with Crippen molar-refractivity contribution >= 4 is 25.7 Å². The largest absolute Gasteiger partial charge is 0.284 e. The highest BCUT2D eigenvalue weighted by molar-refractivity contribution is 7.92. The third-order valence-electron chi connectivity index (χ3n) is 1.82. The van der Waals surface area contributed by atoms with Gasteiger partial charge in [0.2, 0.25) is 20.0 Å². The maximum atomic E-state index is 11.2. The van der Waals surface area contributed by atoms with Gasteiger partial charge in [0.1, 0.15) is 0 Å². The summed E-state index contributed by atoms with van der Waals surface area (Å²) in [6, 6.07) is 5.32. The Balaban J connectivity index is 3.11. The molecule has 0 aromatic heterocycles. The van der Waals surface area contributed by atoms with Crippen LogP contribution in [0.3, 0.4) is 0 Å². The summed E-state index contributed by atoms with van der Waals surface area (Å²) in [5.41, 5.74) is 0.174. The minimum absolute atomic E-state index is 0.0907. The highest BCUT2D eigenvalue weighted by Crippen LogP contribution is 2.15. The van der Waals surface area contributed by atoms with Gasteiger partial charge in [0, 0.05) is 5.69 Å². The van der Waals surface area contributed by atoms with Gasteiger partial charge in [0.05, 0.1) is 10.6 Å². The summed E-state index contributed by atoms with van der Waals surface area (Å²) < 4.78 is 46.7. The van der Waals surface area contributed by atoms with Crippen LogP contribution >= 0.6 is 0 Å². The minimum atomic E-state index is -3.82. The molecule has 0 spiro atoms. The van der Waals surface area contributed by atoms with Gasteiger partial charge < -0.3 is 0 Å². The van der Waals surface area contributed by atoms with Crippen LogP contribution < -0.4 is 9.86 Å². The van der Waals surface area contributed by atoms with E-state index in [0.717, 1.165) is 0 Å². The van der Waals surface area contributed by atoms with Crippen molar-refractivity contribution < 1.29 is 16.8 Å². The van der Waals surface area contributed by atoms with E-state index in [1.54, 1.807) is 0 Å². The molecule has 90 valence electrons. The van der Waals surface area contributed by atoms with E-state index in [2.05, 4.69) is 4.72 Å². The fourth-order valence-electron chi connectivity index (χ4n) is 0.988. The first kappa shape index (κ1) is 12.9. The van der Waals surface area contributed by atoms with Crippen LogP contribution in [0.1, 0.15) is 6.92 Å². The zero-order valence-electron chi connectivity index (χ0n) is 8.54. The van der Waals surface area contributed by atoms with Gasteiger partial charge in [-0.25, -0.2) is 22.0 Å². The minimum Gasteiger partial charge on any atom is -0.284 e. The van der Waals surface area contributed by atoms with Gasteiger partial charge in [-0.2, -0.15) is 0 Å². The van der Waals surface area contributed by atoms with Crippen LogP contribution in [0.2, 0.25) is 0 Å². The summed E-state index contributed by atoms with van der Waals surface area (Å²) in [5.74, 6) is -0.0907. The van der Waals surface area contributed by atoms with E-state index in [0.29, 0.717) is 0 Å². The van der Waals surface area contributed by atoms with Gasteiger partial charge in [-0.1, -0.05) is 6.07 Å². The second-order valence-electron chi connectivity index (χ2n) is 3.08. The van der Waals surface area contributed by atoms with Crippen LogP contribution in [0, 0.1) is 0 Å². The van der Waals surface area contributed by atoms with Crippen molar-refractivity contribution in [3.63, 3.8) is 0 Å². The molecule has 1 aromatic carbocycles. The molecule has 1 rings (SSSR count). The average molecular weight is 264 g/mol. The van der Waals surface area contributed by atoms with Gasteiger partial charge in [0.25, 0.3) is 0 Å². The van der Waals surface area contributed by atoms with Gasteiger partial charge >= 0.3 is 0 Å². The number of nitrogens with two attached hydrogens (primary N) is 1. The van der Waals surface area contributed by atoms with Crippen LogP contribution in [0.25, 0.3) is 0 Å². The van der Waals surface area contributed by atoms with Crippen molar-refractivity contribution in [2.24, 2.45) is 5.14 Å². The first-order valence-corrected chi connectivity index (χ1v) is 7.58. The second-order valence-corrected chi connectivity index (χ2v) is 6.65. The first-order chi connectivity index (χ1) is 7.24. The summed E-state index contributed by atoms with van der Waals surface area (Å²) in [6.45, 7) is 1.48. The van der Waals surface area contributed by atoms with Crippen molar-refractivity contribution in [3.8, 4) is 0 Å². The molecule has 0 saturated carbocycles. The molecule has 0 aliphatic carbocycles. The van der Waals surface area contributed by atoms with Gasteiger partial charge in [-0.15, -0.1) is 0 Å². The Kier molecular flexibility index (Phi) is 3.56. The molecule has 0 amide bonds. The molecular weight excluding hydrogens is 252 g/mol. The van der Waals surface area contributed by atoms with Gasteiger partial charge in [-0.05, 0) is 25.1 Å². The summed E-state index contributed by atoms with van der Waals surface area (Å²) in [5, 5.41) is 4.92. The lowest BCUT2D eigenvalue weighted by Gasteiger charge is -2.06. The van der Waals surface area contributed by atoms with E-state index >= 15 is 0 Å². The third kappa shape index (κ3) is 3.47. The van der Waals surface area contributed by atoms with E-state index in [1.165, 1.54) is 31.2 Å². The number of anilines is 1. The molecule has 0 fully saturated rings. The maximum absolute atomic E-state index is 11.2. The highest BCUT2D eigenvalue weighted by atomic mass is 32.2. The predicted molar refractivity (Wildman–Crippen MR) is 60.9 cm³/mol. The van der Waals surface area contributed by atoms with Crippen molar-refractivity contribution in [1.82, 2.24) is 0 Å². The lowest BCUT2D eigenvalue weighted by molar-refractivity contribution is 0.596. The van der Waals surface area contributed by atoms with E-state index in [1.807, 2.05) is 0 Å². The Labute approximate surface area is 94.6 Å². The quantitative estimate of drug-likeness (QED) is 0.804.